The molecule has 1 N–H and O–H groups in total. The minimum absolute atomic E-state index is 0.0673. The molecule has 1 aliphatic carbocycles. The molecule has 0 saturated carbocycles. The predicted octanol–water partition coefficient (Wildman–Crippen LogP) is 2.06. The molecular formula is C8H13NS. The minimum atomic E-state index is 0.0673. The Morgan fingerprint density at radius 3 is 2.90 bits per heavy atom. The molecule has 0 aliphatic heterocycles. The van der Waals surface area contributed by atoms with Gasteiger partial charge in [-0.3, -0.25) is 0 Å². The second kappa shape index (κ2) is 3.62. The molecule has 1 aliphatic rings. The van der Waals surface area contributed by atoms with Gasteiger partial charge in [-0.15, -0.1) is 10.7 Å². The Balaban J connectivity index is 2.48. The van der Waals surface area contributed by atoms with Crippen LogP contribution in [-0.4, -0.2) is 12.1 Å². The summed E-state index contributed by atoms with van der Waals surface area (Å²) in [5.74, 6) is 3.87. The first-order chi connectivity index (χ1) is 4.79. The Morgan fingerprint density at radius 2 is 2.40 bits per heavy atom. The molecule has 0 fully saturated rings. The number of nitrogens with one attached hydrogen (secondary N) is 1. The third-order valence-corrected chi connectivity index (χ3v) is 1.87. The molecule has 0 aromatic carbocycles. The van der Waals surface area contributed by atoms with Crippen LogP contribution in [0.5, 0.6) is 0 Å². The monoisotopic (exact) mass is 155 g/mol. The summed E-state index contributed by atoms with van der Waals surface area (Å²) in [4.78, 5) is 0. The minimum Gasteiger partial charge on any atom is -0.336 e. The van der Waals surface area contributed by atoms with E-state index in [1.807, 2.05) is 0 Å². The number of hydrogen-bond acceptors (Lipinski definition) is 1. The quantitative estimate of drug-likeness (QED) is 0.602. The SMILES string of the molecule is C=S(C)NC1=CCCC=C1. The van der Waals surface area contributed by atoms with Gasteiger partial charge in [0.2, 0.25) is 0 Å². The van der Waals surface area contributed by atoms with Crippen LogP contribution in [0.4, 0.5) is 0 Å². The molecule has 10 heavy (non-hydrogen) atoms. The largest absolute Gasteiger partial charge is 0.336 e. The molecule has 56 valence electrons. The third kappa shape index (κ3) is 2.40. The van der Waals surface area contributed by atoms with Crippen molar-refractivity contribution in [2.75, 3.05) is 6.26 Å². The summed E-state index contributed by atoms with van der Waals surface area (Å²) in [7, 11) is 0.0673. The molecule has 1 unspecified atom stereocenters. The Hall–Kier alpha value is -0.500. The fourth-order valence-corrected chi connectivity index (χ4v) is 1.44. The molecule has 0 aromatic rings. The molecule has 1 rings (SSSR count). The molecule has 0 aromatic heterocycles. The smallest absolute Gasteiger partial charge is 0.0392 e. The molecule has 0 saturated heterocycles. The van der Waals surface area contributed by atoms with E-state index >= 15 is 0 Å². The van der Waals surface area contributed by atoms with Crippen molar-refractivity contribution < 1.29 is 0 Å². The van der Waals surface area contributed by atoms with E-state index in [0.717, 1.165) is 6.42 Å². The van der Waals surface area contributed by atoms with E-state index in [9.17, 15) is 0 Å². The van der Waals surface area contributed by atoms with Crippen LogP contribution >= 0.6 is 10.7 Å². The Morgan fingerprint density at radius 1 is 1.60 bits per heavy atom. The molecule has 0 radical (unpaired) electrons. The summed E-state index contributed by atoms with van der Waals surface area (Å²) in [5, 5.41) is 0. The zero-order chi connectivity index (χ0) is 7.40. The van der Waals surface area contributed by atoms with Crippen LogP contribution in [0.15, 0.2) is 23.9 Å². The van der Waals surface area contributed by atoms with E-state index < -0.39 is 0 Å². The van der Waals surface area contributed by atoms with Crippen molar-refractivity contribution in [2.24, 2.45) is 0 Å². The molecule has 0 amide bonds. The second-order valence-electron chi connectivity index (χ2n) is 2.38. The van der Waals surface area contributed by atoms with E-state index in [4.69, 9.17) is 0 Å². The first-order valence-electron chi connectivity index (χ1n) is 3.38. The summed E-state index contributed by atoms with van der Waals surface area (Å²) >= 11 is 0. The lowest BCUT2D eigenvalue weighted by atomic mass is 10.2. The normalized spacial score (nSPS) is 19.9. The van der Waals surface area contributed by atoms with Gasteiger partial charge in [0, 0.05) is 5.70 Å². The van der Waals surface area contributed by atoms with Gasteiger partial charge in [0.25, 0.3) is 0 Å². The fraction of sp³-hybridized carbons (Fsp3) is 0.375. The summed E-state index contributed by atoms with van der Waals surface area (Å²) < 4.78 is 3.27. The molecule has 0 bridgehead atoms. The van der Waals surface area contributed by atoms with Crippen molar-refractivity contribution in [3.05, 3.63) is 23.9 Å². The summed E-state index contributed by atoms with van der Waals surface area (Å²) in [5.41, 5.74) is 1.23. The standard InChI is InChI=1S/C8H13NS/c1-10(2)9-8-6-4-3-5-7-8/h4,6-7,9H,1,3,5H2,2H3. The Bertz CT molecular complexity index is 191. The highest BCUT2D eigenvalue weighted by Gasteiger charge is 1.93. The van der Waals surface area contributed by atoms with E-state index in [1.54, 1.807) is 0 Å². The van der Waals surface area contributed by atoms with Crippen molar-refractivity contribution in [3.8, 4) is 0 Å². The predicted molar refractivity (Wildman–Crippen MR) is 50.2 cm³/mol. The average Bonchev–Trinajstić information content (AvgIpc) is 1.88. The van der Waals surface area contributed by atoms with Gasteiger partial charge in [-0.1, -0.05) is 18.0 Å². The molecule has 0 spiro atoms. The third-order valence-electron chi connectivity index (χ3n) is 1.29. The molecule has 1 nitrogen and oxygen atoms in total. The van der Waals surface area contributed by atoms with Crippen molar-refractivity contribution in [3.63, 3.8) is 0 Å². The molecule has 1 atom stereocenters. The first-order valence-corrected chi connectivity index (χ1v) is 5.18. The molecule has 2 heteroatoms. The summed E-state index contributed by atoms with van der Waals surface area (Å²) in [6, 6.07) is 0. The van der Waals surface area contributed by atoms with Crippen LogP contribution < -0.4 is 4.72 Å². The van der Waals surface area contributed by atoms with Gasteiger partial charge < -0.3 is 4.72 Å². The Kier molecular flexibility index (Phi) is 2.75. The van der Waals surface area contributed by atoms with E-state index in [1.165, 1.54) is 12.1 Å². The van der Waals surface area contributed by atoms with Crippen LogP contribution in [0.3, 0.4) is 0 Å². The lowest BCUT2D eigenvalue weighted by molar-refractivity contribution is 0.998. The number of allylic oxidation sites excluding steroid dienone is 3. The van der Waals surface area contributed by atoms with Crippen molar-refractivity contribution in [2.45, 2.75) is 12.8 Å². The maximum Gasteiger partial charge on any atom is 0.0392 e. The van der Waals surface area contributed by atoms with Gasteiger partial charge in [-0.05, 0) is 25.2 Å². The molecular weight excluding hydrogens is 142 g/mol. The Labute approximate surface area is 64.9 Å². The topological polar surface area (TPSA) is 12.0 Å². The highest BCUT2D eigenvalue weighted by atomic mass is 32.2. The highest BCUT2D eigenvalue weighted by molar-refractivity contribution is 8.11. The van der Waals surface area contributed by atoms with Gasteiger partial charge in [-0.2, -0.15) is 0 Å². The van der Waals surface area contributed by atoms with Gasteiger partial charge in [0.05, 0.1) is 0 Å². The van der Waals surface area contributed by atoms with Crippen LogP contribution in [-0.2, 0) is 0 Å². The van der Waals surface area contributed by atoms with Gasteiger partial charge in [0.15, 0.2) is 0 Å². The van der Waals surface area contributed by atoms with Crippen LogP contribution in [0.2, 0.25) is 0 Å². The maximum absolute atomic E-state index is 3.87. The zero-order valence-corrected chi connectivity index (χ0v) is 7.08. The lowest BCUT2D eigenvalue weighted by Gasteiger charge is -2.09. The maximum atomic E-state index is 3.87. The van der Waals surface area contributed by atoms with Crippen LogP contribution in [0.25, 0.3) is 0 Å². The number of rotatable bonds is 2. The van der Waals surface area contributed by atoms with Crippen molar-refractivity contribution in [1.29, 1.82) is 0 Å². The van der Waals surface area contributed by atoms with Crippen LogP contribution in [0.1, 0.15) is 12.8 Å². The lowest BCUT2D eigenvalue weighted by Crippen LogP contribution is -2.03. The summed E-state index contributed by atoms with van der Waals surface area (Å²) in [6.45, 7) is 0. The number of hydrogen-bond donors (Lipinski definition) is 1. The van der Waals surface area contributed by atoms with Gasteiger partial charge in [-0.25, -0.2) is 0 Å². The average molecular weight is 155 g/mol. The van der Waals surface area contributed by atoms with Crippen molar-refractivity contribution in [1.82, 2.24) is 4.72 Å². The zero-order valence-electron chi connectivity index (χ0n) is 6.26. The van der Waals surface area contributed by atoms with E-state index in [-0.39, 0.29) is 10.7 Å². The molecule has 0 heterocycles. The summed E-state index contributed by atoms with van der Waals surface area (Å²) in [6.07, 6.45) is 10.9. The van der Waals surface area contributed by atoms with E-state index in [2.05, 4.69) is 35.1 Å². The van der Waals surface area contributed by atoms with Gasteiger partial charge >= 0.3 is 0 Å². The van der Waals surface area contributed by atoms with Crippen molar-refractivity contribution >= 4 is 16.5 Å². The van der Waals surface area contributed by atoms with E-state index in [0.29, 0.717) is 0 Å². The second-order valence-corrected chi connectivity index (χ2v) is 3.86. The highest BCUT2D eigenvalue weighted by Crippen LogP contribution is 2.10. The van der Waals surface area contributed by atoms with Gasteiger partial charge in [0.1, 0.15) is 0 Å². The fourth-order valence-electron chi connectivity index (χ4n) is 0.890. The van der Waals surface area contributed by atoms with Crippen LogP contribution in [0, 0.1) is 0 Å². The first kappa shape index (κ1) is 7.61.